The molecule has 142 valence electrons. The second kappa shape index (κ2) is 7.77. The molecule has 13 heteroatoms. The molecular weight excluding hydrogens is 518 g/mol. The summed E-state index contributed by atoms with van der Waals surface area (Å²) in [6, 6.07) is 0. The predicted octanol–water partition coefficient (Wildman–Crippen LogP) is 2.20. The van der Waals surface area contributed by atoms with Gasteiger partial charge in [-0.15, -0.1) is 0 Å². The molecule has 0 saturated heterocycles. The molecule has 0 amide bonds. The van der Waals surface area contributed by atoms with Crippen molar-refractivity contribution in [1.82, 2.24) is 2.93 Å². The van der Waals surface area contributed by atoms with Crippen LogP contribution in [0.5, 0.6) is 0 Å². The summed E-state index contributed by atoms with van der Waals surface area (Å²) in [5.41, 5.74) is 0. The summed E-state index contributed by atoms with van der Waals surface area (Å²) in [7, 11) is 0.968. The third-order valence-electron chi connectivity index (χ3n) is 2.78. The molecule has 0 N–H and O–H groups in total. The zero-order valence-corrected chi connectivity index (χ0v) is 15.5. The van der Waals surface area contributed by atoms with Crippen LogP contribution in [-0.2, 0) is 0 Å². The van der Waals surface area contributed by atoms with Gasteiger partial charge in [-0.05, 0) is 0 Å². The van der Waals surface area contributed by atoms with E-state index < -0.39 is 97.4 Å². The monoisotopic (exact) mass is 523 g/mol. The average molecular weight is 521 g/mol. The topological polar surface area (TPSA) is 3.24 Å². The van der Waals surface area contributed by atoms with E-state index in [1.165, 1.54) is 0 Å². The van der Waals surface area contributed by atoms with Gasteiger partial charge in [-0.2, -0.15) is 0 Å². The number of hydrogen-bond acceptors (Lipinski definition) is 1. The molecule has 0 atom stereocenters. The van der Waals surface area contributed by atoms with Crippen LogP contribution < -0.4 is 8.92 Å². The quantitative estimate of drug-likeness (QED) is 0.259. The van der Waals surface area contributed by atoms with E-state index in [-0.39, 0.29) is 0 Å². The summed E-state index contributed by atoms with van der Waals surface area (Å²) in [5.74, 6) is -22.2. The standard InChI is InChI=1S/C13H3F10NSe2/c1-24(25-12-8(20)4(16)2(14)5(17)9(12)21)26-13-10(22)6(18)3(15)7(19)11(13)23/h1H3. The zero-order valence-electron chi connectivity index (χ0n) is 12.0. The number of nitrogens with zero attached hydrogens (tertiary/aromatic N) is 1. The molecule has 26 heavy (non-hydrogen) atoms. The first-order valence-electron chi connectivity index (χ1n) is 6.11. The van der Waals surface area contributed by atoms with E-state index in [9.17, 15) is 43.9 Å². The summed E-state index contributed by atoms with van der Waals surface area (Å²) in [6.07, 6.45) is 0. The van der Waals surface area contributed by atoms with E-state index >= 15 is 0 Å². The van der Waals surface area contributed by atoms with Gasteiger partial charge in [-0.1, -0.05) is 0 Å². The van der Waals surface area contributed by atoms with Crippen LogP contribution in [0.15, 0.2) is 0 Å². The third kappa shape index (κ3) is 3.59. The molecule has 0 heterocycles. The molecule has 0 bridgehead atoms. The summed E-state index contributed by atoms with van der Waals surface area (Å²) < 4.78 is 131. The fraction of sp³-hybridized carbons (Fsp3) is 0.0769. The van der Waals surface area contributed by atoms with E-state index in [1.54, 1.807) is 0 Å². The van der Waals surface area contributed by atoms with Crippen molar-refractivity contribution in [2.45, 2.75) is 0 Å². The Morgan fingerprint density at radius 3 is 0.846 bits per heavy atom. The maximum atomic E-state index is 13.6. The van der Waals surface area contributed by atoms with Gasteiger partial charge in [0.05, 0.1) is 0 Å². The van der Waals surface area contributed by atoms with Crippen LogP contribution >= 0.6 is 0 Å². The van der Waals surface area contributed by atoms with Gasteiger partial charge in [0.2, 0.25) is 0 Å². The van der Waals surface area contributed by atoms with Crippen LogP contribution in [0.2, 0.25) is 0 Å². The maximum absolute atomic E-state index is 13.6. The van der Waals surface area contributed by atoms with Gasteiger partial charge in [0.15, 0.2) is 0 Å². The minimum atomic E-state index is -2.38. The number of halogens is 10. The van der Waals surface area contributed by atoms with Crippen molar-refractivity contribution in [3.63, 3.8) is 0 Å². The van der Waals surface area contributed by atoms with Gasteiger partial charge in [0, 0.05) is 0 Å². The summed E-state index contributed by atoms with van der Waals surface area (Å²) in [4.78, 5) is 0. The predicted molar refractivity (Wildman–Crippen MR) is 71.0 cm³/mol. The molecule has 0 unspecified atom stereocenters. The van der Waals surface area contributed by atoms with Crippen LogP contribution in [-0.4, -0.2) is 40.3 Å². The molecule has 0 fully saturated rings. The molecule has 0 aliphatic carbocycles. The first-order valence-corrected chi connectivity index (χ1v) is 9.36. The van der Waals surface area contributed by atoms with Crippen molar-refractivity contribution in [2.75, 3.05) is 7.05 Å². The van der Waals surface area contributed by atoms with E-state index in [1.807, 2.05) is 0 Å². The molecule has 2 aromatic rings. The Morgan fingerprint density at radius 1 is 0.423 bits per heavy atom. The fourth-order valence-electron chi connectivity index (χ4n) is 1.61. The van der Waals surface area contributed by atoms with E-state index in [0.717, 1.165) is 9.98 Å². The van der Waals surface area contributed by atoms with Crippen molar-refractivity contribution < 1.29 is 43.9 Å². The Morgan fingerprint density at radius 2 is 0.615 bits per heavy atom. The Labute approximate surface area is 151 Å². The van der Waals surface area contributed by atoms with Crippen molar-refractivity contribution >= 4 is 39.3 Å². The molecule has 2 aromatic carbocycles. The average Bonchev–Trinajstić information content (AvgIpc) is 2.62. The molecule has 2 rings (SSSR count). The molecule has 1 nitrogen and oxygen atoms in total. The third-order valence-corrected chi connectivity index (χ3v) is 7.75. The SMILES string of the molecule is CN([Se]c1c(F)c(F)c(F)c(F)c1F)[Se]c1c(F)c(F)c(F)c(F)c1F. The van der Waals surface area contributed by atoms with Gasteiger partial charge >= 0.3 is 151 Å². The van der Waals surface area contributed by atoms with Crippen LogP contribution in [0.3, 0.4) is 0 Å². The molecule has 0 radical (unpaired) electrons. The van der Waals surface area contributed by atoms with E-state index in [0.29, 0.717) is 0 Å². The summed E-state index contributed by atoms with van der Waals surface area (Å²) in [6.45, 7) is 0. The molecule has 0 saturated carbocycles. The van der Waals surface area contributed by atoms with E-state index in [2.05, 4.69) is 0 Å². The molecule has 0 spiro atoms. The molecule has 0 aromatic heterocycles. The number of hydrogen-bond donors (Lipinski definition) is 0. The normalized spacial score (nSPS) is 11.5. The van der Waals surface area contributed by atoms with Crippen molar-refractivity contribution in [3.8, 4) is 0 Å². The fourth-order valence-corrected chi connectivity index (χ4v) is 6.22. The van der Waals surface area contributed by atoms with Gasteiger partial charge in [0.1, 0.15) is 0 Å². The van der Waals surface area contributed by atoms with E-state index in [4.69, 9.17) is 0 Å². The van der Waals surface area contributed by atoms with Crippen molar-refractivity contribution in [1.29, 1.82) is 0 Å². The Hall–Kier alpha value is -1.26. The first kappa shape index (κ1) is 21.0. The first-order chi connectivity index (χ1) is 12.0. The second-order valence-electron chi connectivity index (χ2n) is 4.42. The minimum absolute atomic E-state index is 0.733. The van der Waals surface area contributed by atoms with Gasteiger partial charge < -0.3 is 0 Å². The van der Waals surface area contributed by atoms with Gasteiger partial charge in [-0.3, -0.25) is 0 Å². The summed E-state index contributed by atoms with van der Waals surface area (Å²) in [5, 5.41) is 0. The van der Waals surface area contributed by atoms with Gasteiger partial charge in [0.25, 0.3) is 0 Å². The van der Waals surface area contributed by atoms with Gasteiger partial charge in [-0.25, -0.2) is 0 Å². The number of rotatable bonds is 4. The molecule has 0 aliphatic rings. The second-order valence-corrected chi connectivity index (χ2v) is 10.4. The van der Waals surface area contributed by atoms with Crippen LogP contribution in [0.25, 0.3) is 0 Å². The summed E-state index contributed by atoms with van der Waals surface area (Å²) >= 11 is -3.41. The van der Waals surface area contributed by atoms with Crippen molar-refractivity contribution in [3.05, 3.63) is 58.2 Å². The Balaban J connectivity index is 2.39. The number of benzene rings is 2. The molecule has 0 aliphatic heterocycles. The Bertz CT molecular complexity index is 759. The van der Waals surface area contributed by atoms with Crippen LogP contribution in [0.1, 0.15) is 0 Å². The van der Waals surface area contributed by atoms with Crippen LogP contribution in [0, 0.1) is 58.2 Å². The van der Waals surface area contributed by atoms with Crippen LogP contribution in [0.4, 0.5) is 43.9 Å². The zero-order chi connectivity index (χ0) is 19.9. The Kier molecular flexibility index (Phi) is 6.29. The molecular formula is C13H3F10NSe2. The van der Waals surface area contributed by atoms with Crippen molar-refractivity contribution in [2.24, 2.45) is 0 Å².